The van der Waals surface area contributed by atoms with E-state index in [9.17, 15) is 9.50 Å². The van der Waals surface area contributed by atoms with E-state index in [4.69, 9.17) is 0 Å². The molecule has 0 fully saturated rings. The van der Waals surface area contributed by atoms with Crippen LogP contribution < -0.4 is 0 Å². The van der Waals surface area contributed by atoms with Crippen LogP contribution in [0.15, 0.2) is 16.6 Å². The number of nitrogens with zero attached hydrogens (tertiary/aromatic N) is 2. The van der Waals surface area contributed by atoms with E-state index in [0.29, 0.717) is 16.8 Å². The molecule has 2 aromatic rings. The number of rotatable bonds is 2. The largest absolute Gasteiger partial charge is 0.389 e. The van der Waals surface area contributed by atoms with Crippen molar-refractivity contribution in [3.05, 3.63) is 44.9 Å². The Balaban J connectivity index is 2.73. The molecule has 1 atom stereocenters. The summed E-state index contributed by atoms with van der Waals surface area (Å²) in [5.74, 6) is -0.319. The van der Waals surface area contributed by atoms with Crippen molar-refractivity contribution in [3.8, 4) is 5.69 Å². The second-order valence-electron chi connectivity index (χ2n) is 4.73. The standard InChI is InChI=1S/C14H16BrFN2O/c1-7-5-13(11(10(4)19)6-12(7)16)18-9(3)14(15)8(2)17-18/h5-6,10,19H,1-4H3/t10-/m1/s1. The molecule has 0 aliphatic carbocycles. The quantitative estimate of drug-likeness (QED) is 0.912. The maximum Gasteiger partial charge on any atom is 0.126 e. The number of hydrogen-bond donors (Lipinski definition) is 1. The molecular formula is C14H16BrFN2O. The van der Waals surface area contributed by atoms with Crippen molar-refractivity contribution in [2.24, 2.45) is 0 Å². The van der Waals surface area contributed by atoms with Crippen LogP contribution in [0.25, 0.3) is 5.69 Å². The average Bonchev–Trinajstić information content (AvgIpc) is 2.59. The van der Waals surface area contributed by atoms with Crippen LogP contribution in [0, 0.1) is 26.6 Å². The molecule has 5 heteroatoms. The molecule has 0 aliphatic heterocycles. The van der Waals surface area contributed by atoms with Gasteiger partial charge >= 0.3 is 0 Å². The minimum absolute atomic E-state index is 0.319. The number of aromatic nitrogens is 2. The Kier molecular flexibility index (Phi) is 3.78. The highest BCUT2D eigenvalue weighted by molar-refractivity contribution is 9.10. The van der Waals surface area contributed by atoms with Crippen LogP contribution in [-0.4, -0.2) is 14.9 Å². The molecule has 0 saturated carbocycles. The van der Waals surface area contributed by atoms with Gasteiger partial charge in [-0.15, -0.1) is 0 Å². The topological polar surface area (TPSA) is 38.0 Å². The summed E-state index contributed by atoms with van der Waals surface area (Å²) in [6, 6.07) is 3.09. The second kappa shape index (κ2) is 5.06. The molecule has 0 unspecified atom stereocenters. The maximum atomic E-state index is 13.7. The van der Waals surface area contributed by atoms with E-state index in [1.54, 1.807) is 24.6 Å². The molecular weight excluding hydrogens is 311 g/mol. The molecule has 1 heterocycles. The molecule has 1 aromatic carbocycles. The molecule has 102 valence electrons. The first-order valence-electron chi connectivity index (χ1n) is 6.03. The number of hydrogen-bond acceptors (Lipinski definition) is 2. The zero-order valence-electron chi connectivity index (χ0n) is 11.3. The van der Waals surface area contributed by atoms with Crippen LogP contribution in [-0.2, 0) is 0 Å². The van der Waals surface area contributed by atoms with Crippen LogP contribution in [0.4, 0.5) is 4.39 Å². The predicted molar refractivity (Wildman–Crippen MR) is 76.1 cm³/mol. The fourth-order valence-corrected chi connectivity index (χ4v) is 2.31. The van der Waals surface area contributed by atoms with E-state index in [-0.39, 0.29) is 5.82 Å². The summed E-state index contributed by atoms with van der Waals surface area (Å²) in [5, 5.41) is 14.3. The van der Waals surface area contributed by atoms with Gasteiger partial charge in [0.15, 0.2) is 0 Å². The van der Waals surface area contributed by atoms with Gasteiger partial charge in [0.2, 0.25) is 0 Å². The molecule has 0 spiro atoms. The minimum atomic E-state index is -0.757. The van der Waals surface area contributed by atoms with Gasteiger partial charge in [-0.2, -0.15) is 5.10 Å². The van der Waals surface area contributed by atoms with Gasteiger partial charge in [0, 0.05) is 5.56 Å². The van der Waals surface area contributed by atoms with Gasteiger partial charge in [-0.3, -0.25) is 0 Å². The SMILES string of the molecule is Cc1cc(-n2nc(C)c(Br)c2C)c([C@@H](C)O)cc1F. The van der Waals surface area contributed by atoms with Crippen LogP contribution in [0.3, 0.4) is 0 Å². The summed E-state index contributed by atoms with van der Waals surface area (Å²) in [6.07, 6.45) is -0.757. The lowest BCUT2D eigenvalue weighted by Gasteiger charge is -2.15. The number of aliphatic hydroxyl groups is 1. The van der Waals surface area contributed by atoms with Gasteiger partial charge in [-0.05, 0) is 61.3 Å². The Bertz CT molecular complexity index is 635. The Labute approximate surface area is 120 Å². The zero-order chi connectivity index (χ0) is 14.3. The number of halogens is 2. The summed E-state index contributed by atoms with van der Waals surface area (Å²) in [4.78, 5) is 0. The fourth-order valence-electron chi connectivity index (χ4n) is 2.06. The second-order valence-corrected chi connectivity index (χ2v) is 5.53. The molecule has 19 heavy (non-hydrogen) atoms. The average molecular weight is 327 g/mol. The summed E-state index contributed by atoms with van der Waals surface area (Å²) in [6.45, 7) is 7.14. The molecule has 1 aromatic heterocycles. The number of aryl methyl sites for hydroxylation is 2. The highest BCUT2D eigenvalue weighted by atomic mass is 79.9. The maximum absolute atomic E-state index is 13.7. The smallest absolute Gasteiger partial charge is 0.126 e. The van der Waals surface area contributed by atoms with Gasteiger partial charge in [0.1, 0.15) is 5.82 Å². The molecule has 0 amide bonds. The third-order valence-corrected chi connectivity index (χ3v) is 4.34. The Morgan fingerprint density at radius 2 is 1.95 bits per heavy atom. The third-order valence-electron chi connectivity index (χ3n) is 3.19. The number of aliphatic hydroxyl groups excluding tert-OH is 1. The van der Waals surface area contributed by atoms with Gasteiger partial charge < -0.3 is 5.11 Å². The number of benzene rings is 1. The van der Waals surface area contributed by atoms with E-state index in [1.807, 2.05) is 13.8 Å². The van der Waals surface area contributed by atoms with Gasteiger partial charge in [-0.1, -0.05) is 0 Å². The van der Waals surface area contributed by atoms with Gasteiger partial charge in [-0.25, -0.2) is 9.07 Å². The lowest BCUT2D eigenvalue weighted by molar-refractivity contribution is 0.198. The highest BCUT2D eigenvalue weighted by Crippen LogP contribution is 2.29. The first-order valence-corrected chi connectivity index (χ1v) is 6.82. The van der Waals surface area contributed by atoms with Crippen LogP contribution in [0.2, 0.25) is 0 Å². The molecule has 0 saturated heterocycles. The van der Waals surface area contributed by atoms with Crippen LogP contribution in [0.5, 0.6) is 0 Å². The first kappa shape index (κ1) is 14.2. The van der Waals surface area contributed by atoms with Crippen molar-refractivity contribution in [2.75, 3.05) is 0 Å². The lowest BCUT2D eigenvalue weighted by Crippen LogP contribution is -2.07. The monoisotopic (exact) mass is 326 g/mol. The Hall–Kier alpha value is -1.20. The molecule has 3 nitrogen and oxygen atoms in total. The Morgan fingerprint density at radius 1 is 1.32 bits per heavy atom. The van der Waals surface area contributed by atoms with Gasteiger partial charge in [0.25, 0.3) is 0 Å². The predicted octanol–water partition coefficient (Wildman–Crippen LogP) is 3.75. The summed E-state index contributed by atoms with van der Waals surface area (Å²) in [7, 11) is 0. The Morgan fingerprint density at radius 3 is 2.42 bits per heavy atom. The summed E-state index contributed by atoms with van der Waals surface area (Å²) < 4.78 is 16.3. The minimum Gasteiger partial charge on any atom is -0.389 e. The fraction of sp³-hybridized carbons (Fsp3) is 0.357. The van der Waals surface area contributed by atoms with Crippen molar-refractivity contribution in [2.45, 2.75) is 33.8 Å². The highest BCUT2D eigenvalue weighted by Gasteiger charge is 2.17. The first-order chi connectivity index (χ1) is 8.82. The van der Waals surface area contributed by atoms with E-state index < -0.39 is 6.10 Å². The summed E-state index contributed by atoms with van der Waals surface area (Å²) >= 11 is 3.47. The third kappa shape index (κ3) is 2.44. The van der Waals surface area contributed by atoms with Crippen LogP contribution in [0.1, 0.15) is 35.5 Å². The molecule has 0 aliphatic rings. The molecule has 2 rings (SSSR count). The van der Waals surface area contributed by atoms with E-state index in [2.05, 4.69) is 21.0 Å². The zero-order valence-corrected chi connectivity index (χ0v) is 12.9. The van der Waals surface area contributed by atoms with Crippen molar-refractivity contribution < 1.29 is 9.50 Å². The van der Waals surface area contributed by atoms with Crippen molar-refractivity contribution in [1.82, 2.24) is 9.78 Å². The van der Waals surface area contributed by atoms with E-state index >= 15 is 0 Å². The van der Waals surface area contributed by atoms with Gasteiger partial charge in [0.05, 0.1) is 27.7 Å². The lowest BCUT2D eigenvalue weighted by atomic mass is 10.0. The van der Waals surface area contributed by atoms with Crippen molar-refractivity contribution >= 4 is 15.9 Å². The van der Waals surface area contributed by atoms with Crippen molar-refractivity contribution in [1.29, 1.82) is 0 Å². The molecule has 0 radical (unpaired) electrons. The van der Waals surface area contributed by atoms with E-state index in [0.717, 1.165) is 15.9 Å². The van der Waals surface area contributed by atoms with Crippen molar-refractivity contribution in [3.63, 3.8) is 0 Å². The molecule has 1 N–H and O–H groups in total. The summed E-state index contributed by atoms with van der Waals surface area (Å²) in [5.41, 5.74) is 3.55. The molecule has 0 bridgehead atoms. The van der Waals surface area contributed by atoms with E-state index in [1.165, 1.54) is 6.07 Å². The van der Waals surface area contributed by atoms with Crippen LogP contribution >= 0.6 is 15.9 Å². The normalized spacial score (nSPS) is 12.8.